The molecule has 0 aliphatic carbocycles. The van der Waals surface area contributed by atoms with E-state index >= 15 is 0 Å². The van der Waals surface area contributed by atoms with Gasteiger partial charge in [-0.2, -0.15) is 0 Å². The molecule has 1 saturated heterocycles. The number of nitrogens with zero attached hydrogens (tertiary/aromatic N) is 2. The number of anilines is 1. The summed E-state index contributed by atoms with van der Waals surface area (Å²) < 4.78 is 0. The molecule has 1 fully saturated rings. The molecule has 0 bridgehead atoms. The summed E-state index contributed by atoms with van der Waals surface area (Å²) in [6, 6.07) is 4.73. The average molecular weight is 348 g/mol. The Hall–Kier alpha value is -2.15. The molecule has 7 nitrogen and oxygen atoms in total. The van der Waals surface area contributed by atoms with Gasteiger partial charge in [-0.15, -0.1) is 0 Å². The fourth-order valence-electron chi connectivity index (χ4n) is 3.45. The van der Waals surface area contributed by atoms with Crippen LogP contribution in [0.4, 0.5) is 11.4 Å². The number of nitro groups is 1. The van der Waals surface area contributed by atoms with Gasteiger partial charge in [0.2, 0.25) is 0 Å². The Balaban J connectivity index is 2.20. The summed E-state index contributed by atoms with van der Waals surface area (Å²) in [5, 5.41) is 14.3. The van der Waals surface area contributed by atoms with Gasteiger partial charge >= 0.3 is 0 Å². The predicted octanol–water partition coefficient (Wildman–Crippen LogP) is 2.54. The van der Waals surface area contributed by atoms with E-state index in [1.807, 2.05) is 6.92 Å². The van der Waals surface area contributed by atoms with Gasteiger partial charge < -0.3 is 16.0 Å². The highest BCUT2D eigenvalue weighted by atomic mass is 16.6. The second-order valence-corrected chi connectivity index (χ2v) is 7.33. The number of benzene rings is 1. The van der Waals surface area contributed by atoms with Crippen molar-refractivity contribution in [1.82, 2.24) is 5.32 Å². The Bertz CT molecular complexity index is 623. The summed E-state index contributed by atoms with van der Waals surface area (Å²) in [6.07, 6.45) is 1.79. The van der Waals surface area contributed by atoms with E-state index in [-0.39, 0.29) is 17.6 Å². The number of piperidine rings is 1. The smallest absolute Gasteiger partial charge is 0.293 e. The second-order valence-electron chi connectivity index (χ2n) is 7.33. The number of nitrogens with one attached hydrogen (secondary N) is 1. The fraction of sp³-hybridized carbons (Fsp3) is 0.611. The number of rotatable bonds is 6. The first-order chi connectivity index (χ1) is 11.8. The van der Waals surface area contributed by atoms with E-state index in [1.54, 1.807) is 12.1 Å². The predicted molar refractivity (Wildman–Crippen MR) is 98.9 cm³/mol. The summed E-state index contributed by atoms with van der Waals surface area (Å²) in [6.45, 7) is 8.24. The number of amides is 1. The lowest BCUT2D eigenvalue weighted by molar-refractivity contribution is -0.384. The zero-order valence-corrected chi connectivity index (χ0v) is 15.2. The zero-order chi connectivity index (χ0) is 18.6. The van der Waals surface area contributed by atoms with Gasteiger partial charge in [-0.05, 0) is 43.7 Å². The maximum Gasteiger partial charge on any atom is 0.293 e. The van der Waals surface area contributed by atoms with Gasteiger partial charge in [0.05, 0.1) is 4.92 Å². The maximum atomic E-state index is 12.2. The molecule has 1 aliphatic rings. The number of nitro benzene ring substituents is 1. The van der Waals surface area contributed by atoms with E-state index in [1.165, 1.54) is 6.07 Å². The Labute approximate surface area is 148 Å². The minimum atomic E-state index is -0.405. The highest BCUT2D eigenvalue weighted by molar-refractivity contribution is 5.95. The maximum absolute atomic E-state index is 12.2. The van der Waals surface area contributed by atoms with E-state index in [9.17, 15) is 14.9 Å². The van der Waals surface area contributed by atoms with E-state index in [2.05, 4.69) is 24.1 Å². The topological polar surface area (TPSA) is 102 Å². The molecule has 0 radical (unpaired) electrons. The van der Waals surface area contributed by atoms with Crippen LogP contribution < -0.4 is 16.0 Å². The van der Waals surface area contributed by atoms with Crippen LogP contribution in [0.5, 0.6) is 0 Å². The minimum Gasteiger partial charge on any atom is -0.365 e. The lowest BCUT2D eigenvalue weighted by Crippen LogP contribution is -2.39. The average Bonchev–Trinajstić information content (AvgIpc) is 2.52. The minimum absolute atomic E-state index is 0.0000860. The van der Waals surface area contributed by atoms with Crippen molar-refractivity contribution in [3.8, 4) is 0 Å². The molecule has 1 heterocycles. The van der Waals surface area contributed by atoms with Crippen molar-refractivity contribution < 1.29 is 9.72 Å². The number of hydrogen-bond donors (Lipinski definition) is 2. The molecule has 7 heteroatoms. The van der Waals surface area contributed by atoms with Crippen molar-refractivity contribution >= 4 is 17.3 Å². The molecule has 138 valence electrons. The summed E-state index contributed by atoms with van der Waals surface area (Å²) in [5.74, 6) is 0.671. The van der Waals surface area contributed by atoms with E-state index < -0.39 is 4.92 Å². The third kappa shape index (κ3) is 5.16. The molecular weight excluding hydrogens is 320 g/mol. The van der Waals surface area contributed by atoms with Crippen molar-refractivity contribution in [1.29, 1.82) is 0 Å². The third-order valence-corrected chi connectivity index (χ3v) is 4.53. The van der Waals surface area contributed by atoms with E-state index in [0.717, 1.165) is 19.5 Å². The molecular formula is C18H28N4O3. The Morgan fingerprint density at radius 1 is 1.40 bits per heavy atom. The van der Waals surface area contributed by atoms with Gasteiger partial charge in [0.25, 0.3) is 11.6 Å². The molecule has 0 saturated carbocycles. The van der Waals surface area contributed by atoms with Gasteiger partial charge in [0.15, 0.2) is 0 Å². The summed E-state index contributed by atoms with van der Waals surface area (Å²) in [7, 11) is 0. The van der Waals surface area contributed by atoms with Gasteiger partial charge in [0.1, 0.15) is 5.69 Å². The molecule has 3 unspecified atom stereocenters. The summed E-state index contributed by atoms with van der Waals surface area (Å²) >= 11 is 0. The Kier molecular flexibility index (Phi) is 6.36. The van der Waals surface area contributed by atoms with Crippen molar-refractivity contribution in [3.63, 3.8) is 0 Å². The van der Waals surface area contributed by atoms with Crippen molar-refractivity contribution in [2.75, 3.05) is 24.5 Å². The van der Waals surface area contributed by atoms with Crippen molar-refractivity contribution in [3.05, 3.63) is 33.9 Å². The van der Waals surface area contributed by atoms with Crippen LogP contribution in [0.2, 0.25) is 0 Å². The third-order valence-electron chi connectivity index (χ3n) is 4.53. The zero-order valence-electron chi connectivity index (χ0n) is 15.2. The highest BCUT2D eigenvalue weighted by Gasteiger charge is 2.27. The van der Waals surface area contributed by atoms with Crippen molar-refractivity contribution in [2.24, 2.45) is 17.6 Å². The van der Waals surface area contributed by atoms with E-state index in [0.29, 0.717) is 36.1 Å². The fourth-order valence-corrected chi connectivity index (χ4v) is 3.45. The quantitative estimate of drug-likeness (QED) is 0.607. The second kappa shape index (κ2) is 8.29. The molecule has 3 atom stereocenters. The van der Waals surface area contributed by atoms with Crippen LogP contribution in [0.25, 0.3) is 0 Å². The summed E-state index contributed by atoms with van der Waals surface area (Å²) in [4.78, 5) is 25.4. The normalized spacial score (nSPS) is 21.7. The molecule has 3 N–H and O–H groups in total. The van der Waals surface area contributed by atoms with Crippen LogP contribution in [-0.2, 0) is 0 Å². The standard InChI is InChI=1S/C18H28N4O3/c1-12-8-13(2)11-21(10-12)16-5-4-15(9-17(16)22(24)25)18(23)20-7-6-14(3)19/h4-5,9,12-14H,6-8,10-11,19H2,1-3H3,(H,20,23). The number of hydrogen-bond acceptors (Lipinski definition) is 5. The molecule has 0 spiro atoms. The summed E-state index contributed by atoms with van der Waals surface area (Å²) in [5.41, 5.74) is 6.54. The van der Waals surface area contributed by atoms with Crippen LogP contribution in [0, 0.1) is 22.0 Å². The number of nitrogens with two attached hydrogens (primary N) is 1. The van der Waals surface area contributed by atoms with Crippen LogP contribution in [0.1, 0.15) is 44.0 Å². The molecule has 0 aromatic heterocycles. The largest absolute Gasteiger partial charge is 0.365 e. The van der Waals surface area contributed by atoms with Crippen molar-refractivity contribution in [2.45, 2.75) is 39.7 Å². The van der Waals surface area contributed by atoms with Gasteiger partial charge in [-0.1, -0.05) is 13.8 Å². The van der Waals surface area contributed by atoms with Gasteiger partial charge in [-0.25, -0.2) is 0 Å². The SMILES string of the molecule is CC(N)CCNC(=O)c1ccc(N2CC(C)CC(C)C2)c([N+](=O)[O-])c1. The number of carbonyl (C=O) groups excluding carboxylic acids is 1. The first-order valence-electron chi connectivity index (χ1n) is 8.85. The lowest BCUT2D eigenvalue weighted by atomic mass is 9.91. The van der Waals surface area contributed by atoms with Crippen LogP contribution in [-0.4, -0.2) is 36.5 Å². The molecule has 25 heavy (non-hydrogen) atoms. The number of carbonyl (C=O) groups is 1. The molecule has 1 aromatic carbocycles. The molecule has 1 aliphatic heterocycles. The monoisotopic (exact) mass is 348 g/mol. The van der Waals surface area contributed by atoms with Gasteiger partial charge in [0, 0.05) is 37.3 Å². The molecule has 2 rings (SSSR count). The first-order valence-corrected chi connectivity index (χ1v) is 8.85. The van der Waals surface area contributed by atoms with Crippen LogP contribution in [0.3, 0.4) is 0 Å². The lowest BCUT2D eigenvalue weighted by Gasteiger charge is -2.36. The molecule has 1 aromatic rings. The molecule has 1 amide bonds. The Morgan fingerprint density at radius 2 is 2.04 bits per heavy atom. The highest BCUT2D eigenvalue weighted by Crippen LogP contribution is 2.33. The Morgan fingerprint density at radius 3 is 2.60 bits per heavy atom. The van der Waals surface area contributed by atoms with Crippen LogP contribution >= 0.6 is 0 Å². The first kappa shape index (κ1) is 19.2. The van der Waals surface area contributed by atoms with Crippen LogP contribution in [0.15, 0.2) is 18.2 Å². The van der Waals surface area contributed by atoms with Gasteiger partial charge in [-0.3, -0.25) is 14.9 Å². The van der Waals surface area contributed by atoms with E-state index in [4.69, 9.17) is 5.73 Å².